The number of hydrogen-bond donors (Lipinski definition) is 1. The van der Waals surface area contributed by atoms with Crippen molar-refractivity contribution in [2.45, 2.75) is 20.0 Å². The van der Waals surface area contributed by atoms with Crippen molar-refractivity contribution in [1.82, 2.24) is 5.32 Å². The van der Waals surface area contributed by atoms with Gasteiger partial charge in [-0.05, 0) is 25.5 Å². The highest BCUT2D eigenvalue weighted by Crippen LogP contribution is 2.17. The molecule has 0 spiro atoms. The van der Waals surface area contributed by atoms with E-state index in [0.717, 1.165) is 17.7 Å². The molecule has 0 amide bonds. The molecule has 96 valence electrons. The maximum absolute atomic E-state index is 11.9. The average Bonchev–Trinajstić information content (AvgIpc) is 2.63. The van der Waals surface area contributed by atoms with Crippen molar-refractivity contribution in [3.8, 4) is 0 Å². The van der Waals surface area contributed by atoms with Crippen LogP contribution in [-0.4, -0.2) is 32.1 Å². The topological polar surface area (TPSA) is 33.6 Å². The van der Waals surface area contributed by atoms with Gasteiger partial charge in [0.05, 0.1) is 0 Å². The quantitative estimate of drug-likeness (QED) is 0.612. The number of halogens is 3. The third-order valence-electron chi connectivity index (χ3n) is 2.23. The van der Waals surface area contributed by atoms with Crippen LogP contribution in [0.2, 0.25) is 0 Å². The third-order valence-corrected chi connectivity index (χ3v) is 2.23. The van der Waals surface area contributed by atoms with E-state index >= 15 is 0 Å². The molecule has 0 fully saturated rings. The zero-order valence-corrected chi connectivity index (χ0v) is 9.77. The third kappa shape index (κ3) is 5.04. The van der Waals surface area contributed by atoms with Gasteiger partial charge in [-0.25, -0.2) is 4.99 Å². The van der Waals surface area contributed by atoms with E-state index in [0.29, 0.717) is 6.54 Å². The number of rotatable bonds is 4. The van der Waals surface area contributed by atoms with Crippen LogP contribution < -0.4 is 5.32 Å². The van der Waals surface area contributed by atoms with E-state index in [1.54, 1.807) is 13.1 Å². The van der Waals surface area contributed by atoms with Gasteiger partial charge in [0, 0.05) is 19.3 Å². The van der Waals surface area contributed by atoms with Gasteiger partial charge in [-0.2, -0.15) is 13.2 Å². The largest absolute Gasteiger partial charge is 0.468 e. The number of nitrogens with one attached hydrogen (secondary N) is 1. The van der Waals surface area contributed by atoms with Crippen LogP contribution >= 0.6 is 0 Å². The molecule has 1 rings (SSSR count). The summed E-state index contributed by atoms with van der Waals surface area (Å²) in [6.07, 6.45) is -1.39. The lowest BCUT2D eigenvalue weighted by Gasteiger charge is -2.08. The maximum atomic E-state index is 11.9. The Morgan fingerprint density at radius 2 is 2.18 bits per heavy atom. The Hall–Kier alpha value is -1.30. The highest BCUT2D eigenvalue weighted by Gasteiger charge is 2.28. The standard InChI is InChI=1S/C11H15F3N2O/c1-3-10(17-7-11(12,13)14)16-6-9-5-15-4-8(9)2/h3,6,15H,4-5,7H2,1-2H3. The van der Waals surface area contributed by atoms with Gasteiger partial charge in [0.1, 0.15) is 0 Å². The van der Waals surface area contributed by atoms with Crippen molar-refractivity contribution in [1.29, 1.82) is 0 Å². The van der Waals surface area contributed by atoms with E-state index in [1.165, 1.54) is 6.08 Å². The van der Waals surface area contributed by atoms with Gasteiger partial charge >= 0.3 is 6.18 Å². The summed E-state index contributed by atoms with van der Waals surface area (Å²) in [5, 5.41) is 3.11. The minimum absolute atomic E-state index is 0.0190. The van der Waals surface area contributed by atoms with Crippen molar-refractivity contribution >= 4 is 6.21 Å². The lowest BCUT2D eigenvalue weighted by atomic mass is 10.2. The lowest BCUT2D eigenvalue weighted by molar-refractivity contribution is -0.164. The van der Waals surface area contributed by atoms with Crippen molar-refractivity contribution in [2.24, 2.45) is 4.99 Å². The molecule has 0 saturated carbocycles. The smallest absolute Gasteiger partial charge is 0.422 e. The maximum Gasteiger partial charge on any atom is 0.422 e. The highest BCUT2D eigenvalue weighted by atomic mass is 19.4. The second kappa shape index (κ2) is 5.86. The monoisotopic (exact) mass is 248 g/mol. The van der Waals surface area contributed by atoms with Crippen LogP contribution in [0, 0.1) is 0 Å². The van der Waals surface area contributed by atoms with Gasteiger partial charge in [0.15, 0.2) is 6.61 Å². The minimum Gasteiger partial charge on any atom is -0.468 e. The second-order valence-corrected chi connectivity index (χ2v) is 3.70. The molecular formula is C11H15F3N2O. The van der Waals surface area contributed by atoms with Gasteiger partial charge in [0.2, 0.25) is 5.88 Å². The zero-order chi connectivity index (χ0) is 12.9. The van der Waals surface area contributed by atoms with Crippen LogP contribution in [-0.2, 0) is 4.74 Å². The molecule has 0 unspecified atom stereocenters. The Labute approximate surface area is 98.1 Å². The van der Waals surface area contributed by atoms with Crippen LogP contribution in [0.15, 0.2) is 28.1 Å². The summed E-state index contributed by atoms with van der Waals surface area (Å²) < 4.78 is 40.3. The summed E-state index contributed by atoms with van der Waals surface area (Å²) in [4.78, 5) is 3.89. The molecule has 0 saturated heterocycles. The first kappa shape index (κ1) is 13.8. The first-order valence-corrected chi connectivity index (χ1v) is 5.21. The normalized spacial score (nSPS) is 18.3. The molecule has 3 nitrogen and oxygen atoms in total. The van der Waals surface area contributed by atoms with E-state index in [2.05, 4.69) is 15.0 Å². The van der Waals surface area contributed by atoms with E-state index in [-0.39, 0.29) is 5.88 Å². The Morgan fingerprint density at radius 3 is 2.65 bits per heavy atom. The van der Waals surface area contributed by atoms with Crippen molar-refractivity contribution < 1.29 is 17.9 Å². The Balaban J connectivity index is 2.53. The summed E-state index contributed by atoms with van der Waals surface area (Å²) in [7, 11) is 0. The number of nitrogens with zero attached hydrogens (tertiary/aromatic N) is 1. The Kier molecular flexibility index (Phi) is 4.74. The molecule has 17 heavy (non-hydrogen) atoms. The SMILES string of the molecule is CC=C(N=CC1=C(C)CNC1)OCC(F)(F)F. The van der Waals surface area contributed by atoms with Crippen LogP contribution in [0.4, 0.5) is 13.2 Å². The fourth-order valence-corrected chi connectivity index (χ4v) is 1.30. The van der Waals surface area contributed by atoms with Gasteiger partial charge in [-0.1, -0.05) is 5.57 Å². The van der Waals surface area contributed by atoms with E-state index < -0.39 is 12.8 Å². The fourth-order valence-electron chi connectivity index (χ4n) is 1.30. The molecule has 0 aromatic carbocycles. The van der Waals surface area contributed by atoms with Crippen molar-refractivity contribution in [3.63, 3.8) is 0 Å². The first-order valence-electron chi connectivity index (χ1n) is 5.21. The summed E-state index contributed by atoms with van der Waals surface area (Å²) in [6.45, 7) is 3.69. The minimum atomic E-state index is -4.34. The molecule has 1 heterocycles. The molecule has 0 bridgehead atoms. The van der Waals surface area contributed by atoms with Crippen LogP contribution in [0.3, 0.4) is 0 Å². The summed E-state index contributed by atoms with van der Waals surface area (Å²) >= 11 is 0. The van der Waals surface area contributed by atoms with Crippen LogP contribution in [0.25, 0.3) is 0 Å². The zero-order valence-electron chi connectivity index (χ0n) is 9.77. The molecule has 1 aliphatic rings. The van der Waals surface area contributed by atoms with Gasteiger partial charge in [0.25, 0.3) is 0 Å². The molecule has 0 aromatic rings. The predicted octanol–water partition coefficient (Wildman–Crippen LogP) is 2.42. The number of aliphatic imine (C=N–C) groups is 1. The second-order valence-electron chi connectivity index (χ2n) is 3.70. The lowest BCUT2D eigenvalue weighted by Crippen LogP contribution is -2.16. The molecule has 0 aromatic heterocycles. The summed E-state index contributed by atoms with van der Waals surface area (Å²) in [5.41, 5.74) is 2.12. The number of alkyl halides is 3. The summed E-state index contributed by atoms with van der Waals surface area (Å²) in [6, 6.07) is 0. The Morgan fingerprint density at radius 1 is 1.47 bits per heavy atom. The predicted molar refractivity (Wildman–Crippen MR) is 59.8 cm³/mol. The van der Waals surface area contributed by atoms with Crippen LogP contribution in [0.1, 0.15) is 13.8 Å². The molecular weight excluding hydrogens is 233 g/mol. The van der Waals surface area contributed by atoms with E-state index in [1.807, 2.05) is 6.92 Å². The average molecular weight is 248 g/mol. The van der Waals surface area contributed by atoms with Crippen molar-refractivity contribution in [2.75, 3.05) is 19.7 Å². The molecule has 0 atom stereocenters. The van der Waals surface area contributed by atoms with Crippen molar-refractivity contribution in [3.05, 3.63) is 23.1 Å². The Bertz CT molecular complexity index is 356. The molecule has 0 aliphatic carbocycles. The molecule has 0 radical (unpaired) electrons. The van der Waals surface area contributed by atoms with Crippen LogP contribution in [0.5, 0.6) is 0 Å². The van der Waals surface area contributed by atoms with E-state index in [4.69, 9.17) is 0 Å². The molecule has 1 aliphatic heterocycles. The first-order chi connectivity index (χ1) is 7.92. The summed E-state index contributed by atoms with van der Waals surface area (Å²) in [5.74, 6) is -0.0190. The van der Waals surface area contributed by atoms with Gasteiger partial charge in [-0.3, -0.25) is 0 Å². The number of ether oxygens (including phenoxy) is 1. The number of allylic oxidation sites excluding steroid dienone is 1. The van der Waals surface area contributed by atoms with Gasteiger partial charge < -0.3 is 10.1 Å². The van der Waals surface area contributed by atoms with E-state index in [9.17, 15) is 13.2 Å². The molecule has 1 N–H and O–H groups in total. The molecule has 6 heteroatoms. The van der Waals surface area contributed by atoms with Gasteiger partial charge in [-0.15, -0.1) is 0 Å². The highest BCUT2D eigenvalue weighted by molar-refractivity contribution is 5.81. The number of hydrogen-bond acceptors (Lipinski definition) is 3. The fraction of sp³-hybridized carbons (Fsp3) is 0.545.